The summed E-state index contributed by atoms with van der Waals surface area (Å²) in [6.07, 6.45) is 2.28. The molecule has 104 valence electrons. The Kier molecular flexibility index (Phi) is 3.27. The van der Waals surface area contributed by atoms with Gasteiger partial charge in [-0.15, -0.1) is 0 Å². The van der Waals surface area contributed by atoms with Crippen LogP contribution in [0.5, 0.6) is 0 Å². The van der Waals surface area contributed by atoms with E-state index in [2.05, 4.69) is 47.9 Å². The number of nitrogens with zero attached hydrogens (tertiary/aromatic N) is 2. The molecule has 0 atom stereocenters. The molecular weight excluding hydrogens is 234 g/mol. The number of hydrogen-bond acceptors (Lipinski definition) is 3. The lowest BCUT2D eigenvalue weighted by Crippen LogP contribution is -2.48. The third kappa shape index (κ3) is 2.63. The highest BCUT2D eigenvalue weighted by atomic mass is 15.3. The van der Waals surface area contributed by atoms with Gasteiger partial charge in [-0.25, -0.2) is 0 Å². The molecule has 0 amide bonds. The predicted molar refractivity (Wildman–Crippen MR) is 80.5 cm³/mol. The fraction of sp³-hybridized carbons (Fsp3) is 0.625. The molecule has 2 N–H and O–H groups in total. The molecule has 0 radical (unpaired) electrons. The summed E-state index contributed by atoms with van der Waals surface area (Å²) in [5.74, 6) is 0. The van der Waals surface area contributed by atoms with E-state index in [1.807, 2.05) is 0 Å². The first-order chi connectivity index (χ1) is 9.08. The standard InChI is InChI=1S/C16H25N3/c1-13(2)18-9-11-19(12-10-18)15-5-3-14(4-6-15)16(17)7-8-16/h3-6,13H,7-12,17H2,1-2H3. The van der Waals surface area contributed by atoms with Crippen molar-refractivity contribution in [3.63, 3.8) is 0 Å². The van der Waals surface area contributed by atoms with E-state index in [-0.39, 0.29) is 5.54 Å². The van der Waals surface area contributed by atoms with Crippen LogP contribution in [-0.4, -0.2) is 37.1 Å². The van der Waals surface area contributed by atoms with E-state index in [9.17, 15) is 0 Å². The second kappa shape index (κ2) is 4.80. The Morgan fingerprint density at radius 1 is 1.00 bits per heavy atom. The predicted octanol–water partition coefficient (Wildman–Crippen LogP) is 2.16. The molecule has 0 bridgehead atoms. The first-order valence-corrected chi connectivity index (χ1v) is 7.47. The lowest BCUT2D eigenvalue weighted by molar-refractivity contribution is 0.209. The van der Waals surface area contributed by atoms with E-state index in [0.717, 1.165) is 25.9 Å². The van der Waals surface area contributed by atoms with Crippen LogP contribution in [0, 0.1) is 0 Å². The van der Waals surface area contributed by atoms with Crippen molar-refractivity contribution in [2.45, 2.75) is 38.3 Å². The fourth-order valence-electron chi connectivity index (χ4n) is 2.92. The summed E-state index contributed by atoms with van der Waals surface area (Å²) in [6.45, 7) is 9.15. The lowest BCUT2D eigenvalue weighted by Gasteiger charge is -2.38. The van der Waals surface area contributed by atoms with Crippen LogP contribution in [0.2, 0.25) is 0 Å². The molecule has 1 aliphatic carbocycles. The SMILES string of the molecule is CC(C)N1CCN(c2ccc(C3(N)CC3)cc2)CC1. The number of nitrogens with two attached hydrogens (primary N) is 1. The van der Waals surface area contributed by atoms with Crippen LogP contribution in [0.25, 0.3) is 0 Å². The molecule has 2 aliphatic rings. The maximum Gasteiger partial charge on any atom is 0.0411 e. The highest BCUT2D eigenvalue weighted by molar-refractivity contribution is 5.49. The van der Waals surface area contributed by atoms with Crippen molar-refractivity contribution in [1.29, 1.82) is 0 Å². The molecule has 3 rings (SSSR count). The van der Waals surface area contributed by atoms with E-state index in [1.165, 1.54) is 24.3 Å². The average Bonchev–Trinajstić information content (AvgIpc) is 3.18. The molecular formula is C16H25N3. The summed E-state index contributed by atoms with van der Waals surface area (Å²) in [6, 6.07) is 9.59. The molecule has 1 aromatic rings. The van der Waals surface area contributed by atoms with Crippen LogP contribution < -0.4 is 10.6 Å². The van der Waals surface area contributed by atoms with Gasteiger partial charge >= 0.3 is 0 Å². The number of benzene rings is 1. The molecule has 1 aliphatic heterocycles. The normalized spacial score (nSPS) is 22.8. The van der Waals surface area contributed by atoms with Crippen molar-refractivity contribution in [3.8, 4) is 0 Å². The molecule has 0 unspecified atom stereocenters. The summed E-state index contributed by atoms with van der Waals surface area (Å²) in [5, 5.41) is 0. The second-order valence-electron chi connectivity index (χ2n) is 6.32. The minimum Gasteiger partial charge on any atom is -0.369 e. The molecule has 0 aromatic heterocycles. The Morgan fingerprint density at radius 2 is 1.58 bits per heavy atom. The van der Waals surface area contributed by atoms with Crippen molar-refractivity contribution >= 4 is 5.69 Å². The summed E-state index contributed by atoms with van der Waals surface area (Å²) < 4.78 is 0. The largest absolute Gasteiger partial charge is 0.369 e. The summed E-state index contributed by atoms with van der Waals surface area (Å²) >= 11 is 0. The van der Waals surface area contributed by atoms with Gasteiger partial charge in [0.05, 0.1) is 0 Å². The number of piperazine rings is 1. The quantitative estimate of drug-likeness (QED) is 0.903. The Morgan fingerprint density at radius 3 is 2.05 bits per heavy atom. The minimum absolute atomic E-state index is 0.00509. The van der Waals surface area contributed by atoms with Crippen LogP contribution in [0.4, 0.5) is 5.69 Å². The molecule has 19 heavy (non-hydrogen) atoms. The van der Waals surface area contributed by atoms with Crippen molar-refractivity contribution in [2.24, 2.45) is 5.73 Å². The number of rotatable bonds is 3. The van der Waals surface area contributed by atoms with E-state index in [4.69, 9.17) is 5.73 Å². The highest BCUT2D eigenvalue weighted by Crippen LogP contribution is 2.42. The van der Waals surface area contributed by atoms with Gasteiger partial charge < -0.3 is 10.6 Å². The lowest BCUT2D eigenvalue weighted by atomic mass is 10.1. The van der Waals surface area contributed by atoms with Crippen LogP contribution >= 0.6 is 0 Å². The van der Waals surface area contributed by atoms with Gasteiger partial charge in [0.25, 0.3) is 0 Å². The maximum atomic E-state index is 6.23. The first-order valence-electron chi connectivity index (χ1n) is 7.47. The van der Waals surface area contributed by atoms with Gasteiger partial charge in [-0.1, -0.05) is 12.1 Å². The zero-order valence-electron chi connectivity index (χ0n) is 12.1. The van der Waals surface area contributed by atoms with Crippen molar-refractivity contribution < 1.29 is 0 Å². The highest BCUT2D eigenvalue weighted by Gasteiger charge is 2.39. The molecule has 1 saturated heterocycles. The van der Waals surface area contributed by atoms with Gasteiger partial charge in [0, 0.05) is 43.4 Å². The number of anilines is 1. The third-order valence-electron chi connectivity index (χ3n) is 4.64. The van der Waals surface area contributed by atoms with Crippen LogP contribution in [0.3, 0.4) is 0 Å². The summed E-state index contributed by atoms with van der Waals surface area (Å²) in [7, 11) is 0. The molecule has 3 heteroatoms. The molecule has 0 spiro atoms. The number of hydrogen-bond donors (Lipinski definition) is 1. The van der Waals surface area contributed by atoms with E-state index in [1.54, 1.807) is 0 Å². The van der Waals surface area contributed by atoms with Gasteiger partial charge in [-0.05, 0) is 44.4 Å². The first kappa shape index (κ1) is 12.9. The summed E-state index contributed by atoms with van der Waals surface area (Å²) in [5.41, 5.74) is 8.87. The smallest absolute Gasteiger partial charge is 0.0411 e. The van der Waals surface area contributed by atoms with Gasteiger partial charge in [0.1, 0.15) is 0 Å². The van der Waals surface area contributed by atoms with Crippen LogP contribution in [-0.2, 0) is 5.54 Å². The van der Waals surface area contributed by atoms with Crippen molar-refractivity contribution in [2.75, 3.05) is 31.1 Å². The Balaban J connectivity index is 1.64. The Bertz CT molecular complexity index is 426. The molecule has 1 aromatic carbocycles. The van der Waals surface area contributed by atoms with Gasteiger partial charge in [-0.3, -0.25) is 4.90 Å². The van der Waals surface area contributed by atoms with Crippen LogP contribution in [0.15, 0.2) is 24.3 Å². The van der Waals surface area contributed by atoms with Crippen molar-refractivity contribution in [3.05, 3.63) is 29.8 Å². The zero-order valence-corrected chi connectivity index (χ0v) is 12.1. The zero-order chi connectivity index (χ0) is 13.5. The Hall–Kier alpha value is -1.06. The van der Waals surface area contributed by atoms with E-state index in [0.29, 0.717) is 6.04 Å². The average molecular weight is 259 g/mol. The minimum atomic E-state index is -0.00509. The van der Waals surface area contributed by atoms with Crippen LogP contribution in [0.1, 0.15) is 32.3 Å². The summed E-state index contributed by atoms with van der Waals surface area (Å²) in [4.78, 5) is 5.03. The monoisotopic (exact) mass is 259 g/mol. The molecule has 1 saturated carbocycles. The van der Waals surface area contributed by atoms with Crippen molar-refractivity contribution in [1.82, 2.24) is 4.90 Å². The van der Waals surface area contributed by atoms with Gasteiger partial charge in [0.15, 0.2) is 0 Å². The van der Waals surface area contributed by atoms with Gasteiger partial charge in [0.2, 0.25) is 0 Å². The maximum absolute atomic E-state index is 6.23. The third-order valence-corrected chi connectivity index (χ3v) is 4.64. The second-order valence-corrected chi connectivity index (χ2v) is 6.32. The molecule has 1 heterocycles. The molecule has 2 fully saturated rings. The van der Waals surface area contributed by atoms with E-state index < -0.39 is 0 Å². The Labute approximate surface area is 116 Å². The fourth-order valence-corrected chi connectivity index (χ4v) is 2.92. The topological polar surface area (TPSA) is 32.5 Å². The van der Waals surface area contributed by atoms with E-state index >= 15 is 0 Å². The molecule has 3 nitrogen and oxygen atoms in total. The van der Waals surface area contributed by atoms with Gasteiger partial charge in [-0.2, -0.15) is 0 Å².